The molecule has 1 aromatic heterocycles. The smallest absolute Gasteiger partial charge is 0.234 e. The molecule has 5 rings (SSSR count). The maximum atomic E-state index is 12.9. The number of carbonyl (C=O) groups excluding carboxylic acids is 1. The SMILES string of the molecule is O=C(CSc1nc(-c2ccccc2)n(-c2ccccc2)n1)Nc1ccccc1SCc1cccc(Br)c1. The summed E-state index contributed by atoms with van der Waals surface area (Å²) in [5.41, 5.74) is 3.90. The second kappa shape index (κ2) is 12.3. The van der Waals surface area contributed by atoms with Crippen molar-refractivity contribution in [3.8, 4) is 17.1 Å². The molecule has 5 aromatic rings. The fourth-order valence-corrected chi connectivity index (χ4v) is 5.70. The quantitative estimate of drug-likeness (QED) is 0.179. The number of carbonyl (C=O) groups is 1. The van der Waals surface area contributed by atoms with Gasteiger partial charge in [0.25, 0.3) is 0 Å². The summed E-state index contributed by atoms with van der Waals surface area (Å²) in [6.07, 6.45) is 0. The summed E-state index contributed by atoms with van der Waals surface area (Å²) in [4.78, 5) is 18.7. The summed E-state index contributed by atoms with van der Waals surface area (Å²) >= 11 is 6.54. The van der Waals surface area contributed by atoms with Crippen molar-refractivity contribution in [1.29, 1.82) is 0 Å². The van der Waals surface area contributed by atoms with Crippen LogP contribution < -0.4 is 5.32 Å². The number of aromatic nitrogens is 3. The number of nitrogens with one attached hydrogen (secondary N) is 1. The average molecular weight is 588 g/mol. The Hall–Kier alpha value is -3.33. The maximum Gasteiger partial charge on any atom is 0.234 e. The third-order valence-corrected chi connectivity index (χ3v) is 7.87. The zero-order chi connectivity index (χ0) is 25.5. The van der Waals surface area contributed by atoms with Gasteiger partial charge in [-0.05, 0) is 42.0 Å². The van der Waals surface area contributed by atoms with Crippen LogP contribution in [-0.4, -0.2) is 26.4 Å². The minimum Gasteiger partial charge on any atom is -0.324 e. The molecule has 0 saturated heterocycles. The second-order valence-electron chi connectivity index (χ2n) is 8.08. The van der Waals surface area contributed by atoms with Crippen LogP contribution in [-0.2, 0) is 10.5 Å². The van der Waals surface area contributed by atoms with Crippen molar-refractivity contribution >= 4 is 51.0 Å². The molecule has 0 fully saturated rings. The Bertz CT molecular complexity index is 1440. The highest BCUT2D eigenvalue weighted by molar-refractivity contribution is 9.10. The first-order chi connectivity index (χ1) is 18.2. The summed E-state index contributed by atoms with van der Waals surface area (Å²) < 4.78 is 2.88. The number of hydrogen-bond acceptors (Lipinski definition) is 5. The predicted octanol–water partition coefficient (Wildman–Crippen LogP) is 7.72. The van der Waals surface area contributed by atoms with E-state index in [1.807, 2.05) is 102 Å². The summed E-state index contributed by atoms with van der Waals surface area (Å²) in [5, 5.41) is 8.32. The minimum atomic E-state index is -0.0992. The zero-order valence-corrected chi connectivity index (χ0v) is 23.0. The van der Waals surface area contributed by atoms with E-state index in [-0.39, 0.29) is 11.7 Å². The van der Waals surface area contributed by atoms with E-state index in [9.17, 15) is 4.79 Å². The highest BCUT2D eigenvalue weighted by atomic mass is 79.9. The Morgan fingerprint density at radius 3 is 2.35 bits per heavy atom. The molecule has 0 unspecified atom stereocenters. The Morgan fingerprint density at radius 2 is 1.57 bits per heavy atom. The molecule has 1 heterocycles. The van der Waals surface area contributed by atoms with E-state index in [1.165, 1.54) is 17.3 Å². The average Bonchev–Trinajstić information content (AvgIpc) is 3.37. The van der Waals surface area contributed by atoms with Gasteiger partial charge in [-0.2, -0.15) is 0 Å². The van der Waals surface area contributed by atoms with Gasteiger partial charge in [-0.3, -0.25) is 4.79 Å². The van der Waals surface area contributed by atoms with E-state index in [1.54, 1.807) is 11.8 Å². The van der Waals surface area contributed by atoms with Gasteiger partial charge in [0.05, 0.1) is 17.1 Å². The molecule has 0 radical (unpaired) electrons. The summed E-state index contributed by atoms with van der Waals surface area (Å²) in [7, 11) is 0. The lowest BCUT2D eigenvalue weighted by Gasteiger charge is -2.10. The molecule has 4 aromatic carbocycles. The van der Waals surface area contributed by atoms with Crippen LogP contribution in [0.1, 0.15) is 5.56 Å². The molecule has 8 heteroatoms. The number of thioether (sulfide) groups is 2. The monoisotopic (exact) mass is 586 g/mol. The van der Waals surface area contributed by atoms with Gasteiger partial charge in [0, 0.05) is 20.7 Å². The van der Waals surface area contributed by atoms with Crippen LogP contribution in [0, 0.1) is 0 Å². The van der Waals surface area contributed by atoms with Crippen molar-refractivity contribution in [2.75, 3.05) is 11.1 Å². The molecular formula is C29H23BrN4OS2. The van der Waals surface area contributed by atoms with E-state index < -0.39 is 0 Å². The summed E-state index contributed by atoms with van der Waals surface area (Å²) in [6.45, 7) is 0. The molecule has 1 amide bonds. The summed E-state index contributed by atoms with van der Waals surface area (Å²) in [6, 6.07) is 36.0. The van der Waals surface area contributed by atoms with Gasteiger partial charge in [-0.15, -0.1) is 16.9 Å². The molecule has 0 aliphatic carbocycles. The van der Waals surface area contributed by atoms with E-state index >= 15 is 0 Å². The van der Waals surface area contributed by atoms with Gasteiger partial charge in [-0.25, -0.2) is 9.67 Å². The van der Waals surface area contributed by atoms with Crippen molar-refractivity contribution in [2.45, 2.75) is 15.8 Å². The third-order valence-electron chi connectivity index (χ3n) is 5.40. The van der Waals surface area contributed by atoms with Crippen LogP contribution in [0.15, 0.2) is 124 Å². The molecule has 5 nitrogen and oxygen atoms in total. The molecule has 184 valence electrons. The predicted molar refractivity (Wildman–Crippen MR) is 156 cm³/mol. The number of rotatable bonds is 9. The Labute approximate surface area is 232 Å². The molecule has 0 atom stereocenters. The van der Waals surface area contributed by atoms with E-state index in [0.29, 0.717) is 5.16 Å². The largest absolute Gasteiger partial charge is 0.324 e. The first-order valence-corrected chi connectivity index (χ1v) is 14.4. The highest BCUT2D eigenvalue weighted by Gasteiger charge is 2.16. The van der Waals surface area contributed by atoms with Crippen LogP contribution in [0.25, 0.3) is 17.1 Å². The van der Waals surface area contributed by atoms with Crippen LogP contribution in [0.4, 0.5) is 5.69 Å². The Kier molecular flexibility index (Phi) is 8.40. The maximum absolute atomic E-state index is 12.9. The van der Waals surface area contributed by atoms with Crippen molar-refractivity contribution in [1.82, 2.24) is 14.8 Å². The van der Waals surface area contributed by atoms with Gasteiger partial charge < -0.3 is 5.32 Å². The van der Waals surface area contributed by atoms with E-state index in [2.05, 4.69) is 33.4 Å². The van der Waals surface area contributed by atoms with Crippen LogP contribution in [0.5, 0.6) is 0 Å². The molecule has 37 heavy (non-hydrogen) atoms. The lowest BCUT2D eigenvalue weighted by molar-refractivity contribution is -0.113. The Morgan fingerprint density at radius 1 is 0.838 bits per heavy atom. The molecule has 0 aliphatic rings. The zero-order valence-electron chi connectivity index (χ0n) is 19.8. The Balaban J connectivity index is 1.27. The van der Waals surface area contributed by atoms with E-state index in [0.717, 1.165) is 37.9 Å². The first-order valence-electron chi connectivity index (χ1n) is 11.6. The van der Waals surface area contributed by atoms with Crippen molar-refractivity contribution in [2.24, 2.45) is 0 Å². The van der Waals surface area contributed by atoms with Crippen LogP contribution in [0.3, 0.4) is 0 Å². The molecule has 0 bridgehead atoms. The molecule has 0 saturated carbocycles. The molecule has 0 spiro atoms. The topological polar surface area (TPSA) is 59.8 Å². The summed E-state index contributed by atoms with van der Waals surface area (Å²) in [5.74, 6) is 1.66. The van der Waals surface area contributed by atoms with Gasteiger partial charge in [0.2, 0.25) is 11.1 Å². The van der Waals surface area contributed by atoms with Gasteiger partial charge in [0.15, 0.2) is 5.82 Å². The fourth-order valence-electron chi connectivity index (χ4n) is 3.68. The van der Waals surface area contributed by atoms with Gasteiger partial charge >= 0.3 is 0 Å². The standard InChI is InChI=1S/C29H23BrN4OS2/c30-23-13-9-10-21(18-23)19-36-26-17-8-7-16-25(26)31-27(35)20-37-29-32-28(22-11-3-1-4-12-22)34(33-29)24-14-5-2-6-15-24/h1-18H,19-20H2,(H,31,35). The molecule has 1 N–H and O–H groups in total. The lowest BCUT2D eigenvalue weighted by Crippen LogP contribution is -2.14. The van der Waals surface area contributed by atoms with Crippen LogP contribution >= 0.6 is 39.5 Å². The first kappa shape index (κ1) is 25.3. The minimum absolute atomic E-state index is 0.0992. The van der Waals surface area contributed by atoms with E-state index in [4.69, 9.17) is 10.1 Å². The number of hydrogen-bond donors (Lipinski definition) is 1. The second-order valence-corrected chi connectivity index (χ2v) is 11.0. The highest BCUT2D eigenvalue weighted by Crippen LogP contribution is 2.31. The molecular weight excluding hydrogens is 564 g/mol. The van der Waals surface area contributed by atoms with Crippen molar-refractivity contribution in [3.05, 3.63) is 119 Å². The van der Waals surface area contributed by atoms with Crippen molar-refractivity contribution in [3.63, 3.8) is 0 Å². The number of anilines is 1. The number of halogens is 1. The molecule has 0 aliphatic heterocycles. The van der Waals surface area contributed by atoms with Crippen LogP contribution in [0.2, 0.25) is 0 Å². The third kappa shape index (κ3) is 6.71. The van der Waals surface area contributed by atoms with Gasteiger partial charge in [-0.1, -0.05) is 100 Å². The number of nitrogens with zero attached hydrogens (tertiary/aromatic N) is 3. The van der Waals surface area contributed by atoms with Crippen molar-refractivity contribution < 1.29 is 4.79 Å². The number of para-hydroxylation sites is 2. The number of benzene rings is 4. The normalized spacial score (nSPS) is 10.8. The fraction of sp³-hybridized carbons (Fsp3) is 0.0690. The number of amides is 1. The lowest BCUT2D eigenvalue weighted by atomic mass is 10.2. The van der Waals surface area contributed by atoms with Gasteiger partial charge in [0.1, 0.15) is 0 Å².